The van der Waals surface area contributed by atoms with Crippen LogP contribution in [0.5, 0.6) is 0 Å². The van der Waals surface area contributed by atoms with Gasteiger partial charge >= 0.3 is 0 Å². The monoisotopic (exact) mass is 251 g/mol. The van der Waals surface area contributed by atoms with Crippen molar-refractivity contribution in [2.24, 2.45) is 0 Å². The fourth-order valence-electron chi connectivity index (χ4n) is 2.23. The molecule has 0 atom stereocenters. The number of fused-ring (bicyclic) bond motifs is 1. The number of halogens is 1. The molecule has 0 saturated carbocycles. The van der Waals surface area contributed by atoms with E-state index in [1.54, 1.807) is 7.11 Å². The molecule has 1 aromatic heterocycles. The molecule has 1 heterocycles. The largest absolute Gasteiger partial charge is 0.385 e. The molecule has 0 spiro atoms. The molecular weight excluding hydrogens is 234 g/mol. The van der Waals surface area contributed by atoms with Crippen molar-refractivity contribution in [2.75, 3.05) is 13.7 Å². The van der Waals surface area contributed by atoms with E-state index < -0.39 is 0 Å². The molecule has 92 valence electrons. The van der Waals surface area contributed by atoms with Crippen LogP contribution < -0.4 is 0 Å². The topological polar surface area (TPSA) is 14.2 Å². The molecule has 2 aromatic rings. The highest BCUT2D eigenvalue weighted by molar-refractivity contribution is 6.35. The van der Waals surface area contributed by atoms with E-state index in [1.807, 2.05) is 12.1 Å². The van der Waals surface area contributed by atoms with Crippen molar-refractivity contribution in [2.45, 2.75) is 26.3 Å². The summed E-state index contributed by atoms with van der Waals surface area (Å²) in [6.45, 7) is 3.91. The predicted octanol–water partition coefficient (Wildman–Crippen LogP) is 3.89. The summed E-state index contributed by atoms with van der Waals surface area (Å²) in [6, 6.07) is 6.12. The highest BCUT2D eigenvalue weighted by Gasteiger charge is 2.09. The van der Waals surface area contributed by atoms with E-state index >= 15 is 0 Å². The molecule has 3 heteroatoms. The van der Waals surface area contributed by atoms with Gasteiger partial charge in [0.05, 0.1) is 10.5 Å². The molecule has 2 nitrogen and oxygen atoms in total. The van der Waals surface area contributed by atoms with Crippen molar-refractivity contribution in [3.8, 4) is 0 Å². The van der Waals surface area contributed by atoms with E-state index in [-0.39, 0.29) is 0 Å². The van der Waals surface area contributed by atoms with Gasteiger partial charge in [-0.15, -0.1) is 0 Å². The third kappa shape index (κ3) is 2.48. The molecular formula is C14H18ClNO. The van der Waals surface area contributed by atoms with Crippen LogP contribution in [0.2, 0.25) is 5.02 Å². The lowest BCUT2D eigenvalue weighted by molar-refractivity contribution is 0.190. The fraction of sp³-hybridized carbons (Fsp3) is 0.429. The molecule has 0 unspecified atom stereocenters. The average Bonchev–Trinajstić information content (AvgIpc) is 2.69. The smallest absolute Gasteiger partial charge is 0.0672 e. The number of rotatable bonds is 5. The van der Waals surface area contributed by atoms with Crippen LogP contribution in [0.25, 0.3) is 10.9 Å². The second-order valence-electron chi connectivity index (χ2n) is 4.18. The second kappa shape index (κ2) is 5.56. The van der Waals surface area contributed by atoms with E-state index in [9.17, 15) is 0 Å². The Bertz CT molecular complexity index is 504. The third-order valence-corrected chi connectivity index (χ3v) is 3.36. The second-order valence-corrected chi connectivity index (χ2v) is 4.59. The number of hydrogen-bond acceptors (Lipinski definition) is 1. The zero-order valence-electron chi connectivity index (χ0n) is 10.4. The summed E-state index contributed by atoms with van der Waals surface area (Å²) in [6.07, 6.45) is 4.26. The number of aryl methyl sites for hydroxylation is 2. The van der Waals surface area contributed by atoms with Gasteiger partial charge < -0.3 is 9.30 Å². The quantitative estimate of drug-likeness (QED) is 0.736. The van der Waals surface area contributed by atoms with E-state index in [4.69, 9.17) is 16.3 Å². The Balaban J connectivity index is 2.40. The van der Waals surface area contributed by atoms with Crippen LogP contribution in [0, 0.1) is 0 Å². The normalized spacial score (nSPS) is 11.2. The molecule has 0 aliphatic rings. The van der Waals surface area contributed by atoms with Gasteiger partial charge in [-0.3, -0.25) is 0 Å². The number of aromatic nitrogens is 1. The van der Waals surface area contributed by atoms with Crippen molar-refractivity contribution < 1.29 is 4.74 Å². The predicted molar refractivity (Wildman–Crippen MR) is 72.8 cm³/mol. The maximum Gasteiger partial charge on any atom is 0.0672 e. The van der Waals surface area contributed by atoms with Gasteiger partial charge in [-0.1, -0.05) is 30.7 Å². The number of hydrogen-bond donors (Lipinski definition) is 0. The Morgan fingerprint density at radius 3 is 2.88 bits per heavy atom. The number of methoxy groups -OCH3 is 1. The van der Waals surface area contributed by atoms with Gasteiger partial charge in [0.15, 0.2) is 0 Å². The number of para-hydroxylation sites is 1. The lowest BCUT2D eigenvalue weighted by Crippen LogP contribution is -2.00. The SMILES string of the molecule is CCc1cn(CCCOC)c2c(Cl)cccc12. The van der Waals surface area contributed by atoms with Gasteiger partial charge in [-0.25, -0.2) is 0 Å². The van der Waals surface area contributed by atoms with Crippen LogP contribution in [-0.2, 0) is 17.7 Å². The maximum absolute atomic E-state index is 6.29. The molecule has 1 aromatic carbocycles. The third-order valence-electron chi connectivity index (χ3n) is 3.06. The lowest BCUT2D eigenvalue weighted by Gasteiger charge is -2.05. The molecule has 0 saturated heterocycles. The Morgan fingerprint density at radius 1 is 1.35 bits per heavy atom. The first-order valence-electron chi connectivity index (χ1n) is 6.03. The molecule has 0 aliphatic heterocycles. The minimum absolute atomic E-state index is 0.783. The fourth-order valence-corrected chi connectivity index (χ4v) is 2.51. The zero-order valence-corrected chi connectivity index (χ0v) is 11.1. The molecule has 17 heavy (non-hydrogen) atoms. The molecule has 0 N–H and O–H groups in total. The molecule has 0 aliphatic carbocycles. The molecule has 0 radical (unpaired) electrons. The minimum atomic E-state index is 0.783. The Morgan fingerprint density at radius 2 is 2.18 bits per heavy atom. The highest BCUT2D eigenvalue weighted by atomic mass is 35.5. The highest BCUT2D eigenvalue weighted by Crippen LogP contribution is 2.28. The lowest BCUT2D eigenvalue weighted by atomic mass is 10.1. The van der Waals surface area contributed by atoms with Crippen LogP contribution >= 0.6 is 11.6 Å². The first-order valence-corrected chi connectivity index (χ1v) is 6.41. The van der Waals surface area contributed by atoms with E-state index in [0.29, 0.717) is 0 Å². The van der Waals surface area contributed by atoms with Crippen molar-refractivity contribution in [3.05, 3.63) is 35.0 Å². The van der Waals surface area contributed by atoms with Crippen LogP contribution in [0.4, 0.5) is 0 Å². The first kappa shape index (κ1) is 12.5. The van der Waals surface area contributed by atoms with Crippen molar-refractivity contribution in [1.29, 1.82) is 0 Å². The van der Waals surface area contributed by atoms with Gasteiger partial charge in [0.2, 0.25) is 0 Å². The van der Waals surface area contributed by atoms with Gasteiger partial charge in [0.1, 0.15) is 0 Å². The molecule has 0 amide bonds. The Labute approximate surface area is 107 Å². The minimum Gasteiger partial charge on any atom is -0.385 e. The summed E-state index contributed by atoms with van der Waals surface area (Å²) in [5.74, 6) is 0. The van der Waals surface area contributed by atoms with Crippen molar-refractivity contribution in [1.82, 2.24) is 4.57 Å². The van der Waals surface area contributed by atoms with Crippen LogP contribution in [0.15, 0.2) is 24.4 Å². The summed E-state index contributed by atoms with van der Waals surface area (Å²) in [5.41, 5.74) is 2.52. The summed E-state index contributed by atoms with van der Waals surface area (Å²) < 4.78 is 7.34. The zero-order chi connectivity index (χ0) is 12.3. The van der Waals surface area contributed by atoms with Crippen LogP contribution in [0.3, 0.4) is 0 Å². The average molecular weight is 252 g/mol. The summed E-state index contributed by atoms with van der Waals surface area (Å²) >= 11 is 6.29. The van der Waals surface area contributed by atoms with Gasteiger partial charge in [0, 0.05) is 31.8 Å². The first-order chi connectivity index (χ1) is 8.27. The summed E-state index contributed by atoms with van der Waals surface area (Å²) in [7, 11) is 1.73. The standard InChI is InChI=1S/C14H18ClNO/c1-3-11-10-16(8-5-9-17-2)14-12(11)6-4-7-13(14)15/h4,6-7,10H,3,5,8-9H2,1-2H3. The molecule has 0 bridgehead atoms. The van der Waals surface area contributed by atoms with Gasteiger partial charge in [-0.05, 0) is 24.5 Å². The van der Waals surface area contributed by atoms with Gasteiger partial charge in [0.25, 0.3) is 0 Å². The number of ether oxygens (including phenoxy) is 1. The summed E-state index contributed by atoms with van der Waals surface area (Å²) in [5, 5.41) is 2.11. The Hall–Kier alpha value is -0.990. The molecule has 2 rings (SSSR count). The summed E-state index contributed by atoms with van der Waals surface area (Å²) in [4.78, 5) is 0. The van der Waals surface area contributed by atoms with Crippen LogP contribution in [0.1, 0.15) is 18.9 Å². The van der Waals surface area contributed by atoms with Crippen molar-refractivity contribution in [3.63, 3.8) is 0 Å². The Kier molecular flexibility index (Phi) is 4.08. The van der Waals surface area contributed by atoms with E-state index in [0.717, 1.165) is 36.5 Å². The number of nitrogens with zero attached hydrogens (tertiary/aromatic N) is 1. The van der Waals surface area contributed by atoms with Crippen molar-refractivity contribution >= 4 is 22.5 Å². The van der Waals surface area contributed by atoms with E-state index in [2.05, 4.69) is 23.8 Å². The number of benzene rings is 1. The van der Waals surface area contributed by atoms with E-state index in [1.165, 1.54) is 10.9 Å². The molecule has 0 fully saturated rings. The van der Waals surface area contributed by atoms with Crippen LogP contribution in [-0.4, -0.2) is 18.3 Å². The van der Waals surface area contributed by atoms with Gasteiger partial charge in [-0.2, -0.15) is 0 Å². The maximum atomic E-state index is 6.29.